The van der Waals surface area contributed by atoms with Gasteiger partial charge in [0.1, 0.15) is 12.4 Å². The maximum Gasteiger partial charge on any atom is 0.191 e. The maximum atomic E-state index is 5.92. The highest BCUT2D eigenvalue weighted by atomic mass is 127. The summed E-state index contributed by atoms with van der Waals surface area (Å²) >= 11 is 0. The molecule has 2 aromatic carbocycles. The minimum Gasteiger partial charge on any atom is -0.489 e. The Kier molecular flexibility index (Phi) is 12.3. The lowest BCUT2D eigenvalue weighted by molar-refractivity contribution is 0.0420. The number of aliphatic imine (C=N–C) groups is 1. The fourth-order valence-corrected chi connectivity index (χ4v) is 3.21. The smallest absolute Gasteiger partial charge is 0.191 e. The summed E-state index contributed by atoms with van der Waals surface area (Å²) in [6.45, 7) is 7.12. The first-order chi connectivity index (χ1) is 14.8. The monoisotopic (exact) mass is 539 g/mol. The molecule has 6 nitrogen and oxygen atoms in total. The zero-order valence-electron chi connectivity index (χ0n) is 18.2. The van der Waals surface area contributed by atoms with E-state index in [9.17, 15) is 0 Å². The Balaban J connectivity index is 0.00000341. The second-order valence-electron chi connectivity index (χ2n) is 7.20. The lowest BCUT2D eigenvalue weighted by Gasteiger charge is -2.14. The standard InChI is InChI=1S/C24H33N3O3.HI/c1-2-25-24(26-14-8-15-29-23-13-16-28-19-23)27-17-20-9-6-7-10-21(20)18-30-22-11-4-3-5-12-22;/h3-7,9-12,23H,2,8,13-19H2,1H3,(H2,25,26,27);1H. The topological polar surface area (TPSA) is 64.1 Å². The zero-order valence-corrected chi connectivity index (χ0v) is 20.5. The Bertz CT molecular complexity index is 768. The van der Waals surface area contributed by atoms with E-state index in [0.717, 1.165) is 68.6 Å². The first-order valence-corrected chi connectivity index (χ1v) is 10.8. The Morgan fingerprint density at radius 3 is 2.58 bits per heavy atom. The van der Waals surface area contributed by atoms with Gasteiger partial charge >= 0.3 is 0 Å². The number of nitrogens with zero attached hydrogens (tertiary/aromatic N) is 1. The molecule has 0 radical (unpaired) electrons. The van der Waals surface area contributed by atoms with Crippen LogP contribution in [0.4, 0.5) is 0 Å². The summed E-state index contributed by atoms with van der Waals surface area (Å²) in [6, 6.07) is 18.2. The molecule has 1 fully saturated rings. The Labute approximate surface area is 202 Å². The highest BCUT2D eigenvalue weighted by Gasteiger charge is 2.15. The van der Waals surface area contributed by atoms with Crippen molar-refractivity contribution >= 4 is 29.9 Å². The molecule has 1 aliphatic heterocycles. The van der Waals surface area contributed by atoms with Gasteiger partial charge in [0, 0.05) is 26.3 Å². The minimum atomic E-state index is 0. The largest absolute Gasteiger partial charge is 0.489 e. The number of ether oxygens (including phenoxy) is 3. The molecule has 1 atom stereocenters. The molecule has 2 N–H and O–H groups in total. The Hall–Kier alpha value is -1.84. The summed E-state index contributed by atoms with van der Waals surface area (Å²) in [4.78, 5) is 4.75. The van der Waals surface area contributed by atoms with Gasteiger partial charge in [-0.25, -0.2) is 4.99 Å². The average Bonchev–Trinajstić information content (AvgIpc) is 3.30. The Morgan fingerprint density at radius 1 is 1.06 bits per heavy atom. The number of guanidine groups is 1. The molecule has 0 bridgehead atoms. The van der Waals surface area contributed by atoms with Crippen molar-refractivity contribution in [2.24, 2.45) is 4.99 Å². The summed E-state index contributed by atoms with van der Waals surface area (Å²) in [7, 11) is 0. The van der Waals surface area contributed by atoms with E-state index < -0.39 is 0 Å². The molecule has 0 amide bonds. The van der Waals surface area contributed by atoms with E-state index in [-0.39, 0.29) is 30.1 Å². The van der Waals surface area contributed by atoms with Gasteiger partial charge in [0.2, 0.25) is 0 Å². The van der Waals surface area contributed by atoms with Gasteiger partial charge in [0.25, 0.3) is 0 Å². The number of benzene rings is 2. The van der Waals surface area contributed by atoms with Gasteiger partial charge in [-0.15, -0.1) is 24.0 Å². The zero-order chi connectivity index (χ0) is 20.9. The molecule has 0 spiro atoms. The summed E-state index contributed by atoms with van der Waals surface area (Å²) in [6.07, 6.45) is 2.20. The molecule has 2 aromatic rings. The van der Waals surface area contributed by atoms with Crippen molar-refractivity contribution in [3.63, 3.8) is 0 Å². The lowest BCUT2D eigenvalue weighted by Crippen LogP contribution is -2.38. The van der Waals surface area contributed by atoms with Crippen molar-refractivity contribution in [1.82, 2.24) is 10.6 Å². The number of para-hydroxylation sites is 1. The van der Waals surface area contributed by atoms with Crippen LogP contribution in [0.1, 0.15) is 30.9 Å². The van der Waals surface area contributed by atoms with Gasteiger partial charge in [-0.1, -0.05) is 42.5 Å². The molecular formula is C24H34IN3O3. The van der Waals surface area contributed by atoms with Crippen LogP contribution in [0.25, 0.3) is 0 Å². The summed E-state index contributed by atoms with van der Waals surface area (Å²) in [5.74, 6) is 1.69. The minimum absolute atomic E-state index is 0. The van der Waals surface area contributed by atoms with Crippen LogP contribution in [-0.2, 0) is 22.6 Å². The van der Waals surface area contributed by atoms with Gasteiger partial charge in [-0.05, 0) is 43.0 Å². The molecule has 1 heterocycles. The molecular weight excluding hydrogens is 505 g/mol. The van der Waals surface area contributed by atoms with Gasteiger partial charge in [-0.3, -0.25) is 0 Å². The van der Waals surface area contributed by atoms with Crippen LogP contribution in [-0.4, -0.2) is 45.0 Å². The predicted molar refractivity (Wildman–Crippen MR) is 135 cm³/mol. The van der Waals surface area contributed by atoms with E-state index in [4.69, 9.17) is 19.2 Å². The van der Waals surface area contributed by atoms with E-state index in [1.807, 2.05) is 42.5 Å². The van der Waals surface area contributed by atoms with E-state index in [2.05, 4.69) is 29.7 Å². The highest BCUT2D eigenvalue weighted by Crippen LogP contribution is 2.15. The summed E-state index contributed by atoms with van der Waals surface area (Å²) < 4.78 is 17.1. The van der Waals surface area contributed by atoms with Crippen LogP contribution in [0.5, 0.6) is 5.75 Å². The third kappa shape index (κ3) is 9.45. The van der Waals surface area contributed by atoms with Crippen molar-refractivity contribution in [3.8, 4) is 5.75 Å². The molecule has 7 heteroatoms. The second-order valence-corrected chi connectivity index (χ2v) is 7.20. The third-order valence-corrected chi connectivity index (χ3v) is 4.86. The Morgan fingerprint density at radius 2 is 1.84 bits per heavy atom. The maximum absolute atomic E-state index is 5.92. The quantitative estimate of drug-likeness (QED) is 0.195. The van der Waals surface area contributed by atoms with Gasteiger partial charge in [-0.2, -0.15) is 0 Å². The third-order valence-electron chi connectivity index (χ3n) is 4.86. The van der Waals surface area contributed by atoms with E-state index in [0.29, 0.717) is 13.2 Å². The van der Waals surface area contributed by atoms with Crippen molar-refractivity contribution < 1.29 is 14.2 Å². The average molecular weight is 539 g/mol. The van der Waals surface area contributed by atoms with Crippen LogP contribution < -0.4 is 15.4 Å². The molecule has 31 heavy (non-hydrogen) atoms. The molecule has 0 aliphatic carbocycles. The fraction of sp³-hybridized carbons (Fsp3) is 0.458. The van der Waals surface area contributed by atoms with E-state index in [1.54, 1.807) is 0 Å². The number of hydrogen-bond acceptors (Lipinski definition) is 4. The van der Waals surface area contributed by atoms with Gasteiger partial charge < -0.3 is 24.8 Å². The predicted octanol–water partition coefficient (Wildman–Crippen LogP) is 4.13. The van der Waals surface area contributed by atoms with Crippen molar-refractivity contribution in [2.75, 3.05) is 32.9 Å². The molecule has 0 saturated carbocycles. The second kappa shape index (κ2) is 15.0. The molecule has 1 saturated heterocycles. The van der Waals surface area contributed by atoms with Gasteiger partial charge in [0.05, 0.1) is 19.3 Å². The van der Waals surface area contributed by atoms with Crippen LogP contribution >= 0.6 is 24.0 Å². The number of hydrogen-bond donors (Lipinski definition) is 2. The molecule has 3 rings (SSSR count). The van der Waals surface area contributed by atoms with E-state index >= 15 is 0 Å². The summed E-state index contributed by atoms with van der Waals surface area (Å²) in [5.41, 5.74) is 2.31. The normalized spacial score (nSPS) is 15.9. The van der Waals surface area contributed by atoms with Crippen LogP contribution in [0.3, 0.4) is 0 Å². The fourth-order valence-electron chi connectivity index (χ4n) is 3.21. The lowest BCUT2D eigenvalue weighted by atomic mass is 10.1. The molecule has 1 aliphatic rings. The molecule has 170 valence electrons. The van der Waals surface area contributed by atoms with Crippen molar-refractivity contribution in [2.45, 2.75) is 39.0 Å². The first-order valence-electron chi connectivity index (χ1n) is 10.8. The van der Waals surface area contributed by atoms with Gasteiger partial charge in [0.15, 0.2) is 5.96 Å². The summed E-state index contributed by atoms with van der Waals surface area (Å²) in [5, 5.41) is 6.70. The van der Waals surface area contributed by atoms with Crippen molar-refractivity contribution in [3.05, 3.63) is 65.7 Å². The molecule has 0 aromatic heterocycles. The van der Waals surface area contributed by atoms with Crippen LogP contribution in [0.2, 0.25) is 0 Å². The number of nitrogens with one attached hydrogen (secondary N) is 2. The first kappa shape index (κ1) is 25.4. The van der Waals surface area contributed by atoms with Crippen LogP contribution in [0, 0.1) is 0 Å². The van der Waals surface area contributed by atoms with Crippen molar-refractivity contribution in [1.29, 1.82) is 0 Å². The van der Waals surface area contributed by atoms with Crippen LogP contribution in [0.15, 0.2) is 59.6 Å². The SMILES string of the molecule is CCNC(=NCc1ccccc1COc1ccccc1)NCCCOC1CCOC1.I. The number of rotatable bonds is 11. The molecule has 1 unspecified atom stereocenters. The number of halogens is 1. The highest BCUT2D eigenvalue weighted by molar-refractivity contribution is 14.0. The van der Waals surface area contributed by atoms with E-state index in [1.165, 1.54) is 0 Å².